The lowest BCUT2D eigenvalue weighted by Crippen LogP contribution is -2.07. The fraction of sp³-hybridized carbons (Fsp3) is 0.0909. The molecule has 0 N–H and O–H groups in total. The van der Waals surface area contributed by atoms with E-state index in [1.165, 1.54) is 12.1 Å². The SMILES string of the molecule is CCOC(=O)c1cccc(Sc2c(Br)n(-c3cccnc3)c3c(F)c(Cl)ccc23)c1F. The van der Waals surface area contributed by atoms with Gasteiger partial charge in [-0.05, 0) is 59.3 Å². The van der Waals surface area contributed by atoms with E-state index in [1.807, 2.05) is 0 Å². The van der Waals surface area contributed by atoms with Crippen LogP contribution in [0, 0.1) is 11.6 Å². The number of benzene rings is 2. The van der Waals surface area contributed by atoms with E-state index in [2.05, 4.69) is 20.9 Å². The standard InChI is InChI=1S/C22H14BrClF2N2O2S/c1-2-30-22(29)13-6-3-7-16(17(13)25)31-20-14-8-9-15(24)18(26)19(14)28(21(20)23)12-5-4-10-27-11-12/h3-11H,2H2,1H3. The van der Waals surface area contributed by atoms with Gasteiger partial charge in [0.1, 0.15) is 4.60 Å². The van der Waals surface area contributed by atoms with Crippen molar-refractivity contribution in [2.24, 2.45) is 0 Å². The van der Waals surface area contributed by atoms with Crippen molar-refractivity contribution in [1.82, 2.24) is 9.55 Å². The van der Waals surface area contributed by atoms with Crippen LogP contribution in [0.25, 0.3) is 16.6 Å². The topological polar surface area (TPSA) is 44.1 Å². The van der Waals surface area contributed by atoms with Gasteiger partial charge in [-0.2, -0.15) is 0 Å². The highest BCUT2D eigenvalue weighted by atomic mass is 79.9. The number of fused-ring (bicyclic) bond motifs is 1. The molecule has 0 spiro atoms. The second-order valence-electron chi connectivity index (χ2n) is 6.36. The Morgan fingerprint density at radius 2 is 2.00 bits per heavy atom. The van der Waals surface area contributed by atoms with Crippen LogP contribution in [0.15, 0.2) is 69.3 Å². The van der Waals surface area contributed by atoms with Crippen LogP contribution >= 0.6 is 39.3 Å². The smallest absolute Gasteiger partial charge is 0.341 e. The second kappa shape index (κ2) is 8.98. The van der Waals surface area contributed by atoms with E-state index < -0.39 is 17.6 Å². The molecule has 31 heavy (non-hydrogen) atoms. The van der Waals surface area contributed by atoms with E-state index in [-0.39, 0.29) is 27.6 Å². The normalized spacial score (nSPS) is 11.1. The predicted octanol–water partition coefficient (Wildman–Crippen LogP) is 7.05. The molecule has 0 atom stereocenters. The molecular weight excluding hydrogens is 510 g/mol. The highest BCUT2D eigenvalue weighted by molar-refractivity contribution is 9.10. The molecule has 0 fully saturated rings. The second-order valence-corrected chi connectivity index (χ2v) is 8.57. The van der Waals surface area contributed by atoms with E-state index in [0.717, 1.165) is 11.8 Å². The third-order valence-corrected chi connectivity index (χ3v) is 6.95. The minimum Gasteiger partial charge on any atom is -0.462 e. The molecule has 0 amide bonds. The zero-order chi connectivity index (χ0) is 22.1. The Morgan fingerprint density at radius 1 is 1.19 bits per heavy atom. The van der Waals surface area contributed by atoms with Crippen molar-refractivity contribution in [3.8, 4) is 5.69 Å². The van der Waals surface area contributed by atoms with Crippen molar-refractivity contribution in [2.75, 3.05) is 6.61 Å². The van der Waals surface area contributed by atoms with E-state index in [4.69, 9.17) is 16.3 Å². The highest BCUT2D eigenvalue weighted by Gasteiger charge is 2.24. The lowest BCUT2D eigenvalue weighted by atomic mass is 10.2. The summed E-state index contributed by atoms with van der Waals surface area (Å²) in [6.07, 6.45) is 3.19. The number of carbonyl (C=O) groups is 1. The number of pyridine rings is 1. The molecule has 0 aliphatic heterocycles. The van der Waals surface area contributed by atoms with Crippen molar-refractivity contribution in [3.63, 3.8) is 0 Å². The fourth-order valence-electron chi connectivity index (χ4n) is 3.14. The summed E-state index contributed by atoms with van der Waals surface area (Å²) in [4.78, 5) is 16.9. The van der Waals surface area contributed by atoms with Gasteiger partial charge < -0.3 is 4.74 Å². The Balaban J connectivity index is 1.91. The first-order chi connectivity index (χ1) is 14.9. The molecule has 4 rings (SSSR count). The molecule has 158 valence electrons. The van der Waals surface area contributed by atoms with Crippen molar-refractivity contribution < 1.29 is 18.3 Å². The zero-order valence-electron chi connectivity index (χ0n) is 16.0. The maximum Gasteiger partial charge on any atom is 0.341 e. The number of carbonyl (C=O) groups excluding carboxylic acids is 1. The van der Waals surface area contributed by atoms with Gasteiger partial charge >= 0.3 is 5.97 Å². The molecule has 4 nitrogen and oxygen atoms in total. The van der Waals surface area contributed by atoms with Crippen LogP contribution in [0.1, 0.15) is 17.3 Å². The molecule has 2 heterocycles. The van der Waals surface area contributed by atoms with Gasteiger partial charge in [0, 0.05) is 16.5 Å². The monoisotopic (exact) mass is 522 g/mol. The van der Waals surface area contributed by atoms with Gasteiger partial charge in [0.25, 0.3) is 0 Å². The average Bonchev–Trinajstić information content (AvgIpc) is 3.05. The van der Waals surface area contributed by atoms with Gasteiger partial charge in [-0.3, -0.25) is 9.55 Å². The Bertz CT molecular complexity index is 1300. The molecule has 0 aliphatic rings. The largest absolute Gasteiger partial charge is 0.462 e. The van der Waals surface area contributed by atoms with E-state index in [0.29, 0.717) is 20.6 Å². The summed E-state index contributed by atoms with van der Waals surface area (Å²) in [5, 5.41) is 0.498. The Kier molecular flexibility index (Phi) is 6.31. The van der Waals surface area contributed by atoms with Crippen molar-refractivity contribution in [2.45, 2.75) is 16.7 Å². The molecule has 0 unspecified atom stereocenters. The number of hydrogen-bond acceptors (Lipinski definition) is 4. The molecule has 0 bridgehead atoms. The van der Waals surface area contributed by atoms with Gasteiger partial charge in [-0.25, -0.2) is 13.6 Å². The lowest BCUT2D eigenvalue weighted by Gasteiger charge is -2.09. The molecule has 0 radical (unpaired) electrons. The Morgan fingerprint density at radius 3 is 2.71 bits per heavy atom. The maximum absolute atomic E-state index is 15.1. The quantitative estimate of drug-likeness (QED) is 0.263. The fourth-order valence-corrected chi connectivity index (χ4v) is 5.15. The van der Waals surface area contributed by atoms with Crippen LogP contribution in [0.3, 0.4) is 0 Å². The van der Waals surface area contributed by atoms with E-state index in [9.17, 15) is 4.79 Å². The van der Waals surface area contributed by atoms with Crippen LogP contribution in [0.2, 0.25) is 5.02 Å². The minimum atomic E-state index is -0.739. The van der Waals surface area contributed by atoms with Crippen LogP contribution < -0.4 is 0 Å². The highest BCUT2D eigenvalue weighted by Crippen LogP contribution is 2.45. The summed E-state index contributed by atoms with van der Waals surface area (Å²) < 4.78 is 37.2. The molecule has 0 saturated heterocycles. The van der Waals surface area contributed by atoms with Crippen LogP contribution in [0.4, 0.5) is 8.78 Å². The molecule has 0 aliphatic carbocycles. The predicted molar refractivity (Wildman–Crippen MR) is 120 cm³/mol. The summed E-state index contributed by atoms with van der Waals surface area (Å²) in [5.41, 5.74) is 0.679. The van der Waals surface area contributed by atoms with Gasteiger partial charge in [0.2, 0.25) is 0 Å². The van der Waals surface area contributed by atoms with Crippen LogP contribution in [-0.2, 0) is 4.74 Å². The lowest BCUT2D eigenvalue weighted by molar-refractivity contribution is 0.0520. The number of ether oxygens (including phenoxy) is 1. The number of aromatic nitrogens is 2. The summed E-state index contributed by atoms with van der Waals surface area (Å²) in [6.45, 7) is 1.79. The number of rotatable bonds is 5. The van der Waals surface area contributed by atoms with Crippen LogP contribution in [0.5, 0.6) is 0 Å². The average molecular weight is 524 g/mol. The molecular formula is C22H14BrClF2N2O2S. The molecule has 4 aromatic rings. The van der Waals surface area contributed by atoms with E-state index in [1.54, 1.807) is 54.2 Å². The third kappa shape index (κ3) is 3.95. The van der Waals surface area contributed by atoms with Gasteiger partial charge in [0.15, 0.2) is 11.6 Å². The first-order valence-electron chi connectivity index (χ1n) is 9.15. The first kappa shape index (κ1) is 21.8. The van der Waals surface area contributed by atoms with Crippen molar-refractivity contribution in [3.05, 3.63) is 81.7 Å². The molecule has 9 heteroatoms. The van der Waals surface area contributed by atoms with Crippen LogP contribution in [-0.4, -0.2) is 22.1 Å². The van der Waals surface area contributed by atoms with Gasteiger partial charge in [0.05, 0.1) is 39.5 Å². The van der Waals surface area contributed by atoms with Crippen molar-refractivity contribution in [1.29, 1.82) is 0 Å². The van der Waals surface area contributed by atoms with Gasteiger partial charge in [-0.1, -0.05) is 29.4 Å². The molecule has 0 saturated carbocycles. The number of esters is 1. The maximum atomic E-state index is 15.1. The Hall–Kier alpha value is -2.42. The number of nitrogens with zero attached hydrogens (tertiary/aromatic N) is 2. The summed E-state index contributed by atoms with van der Waals surface area (Å²) in [5.74, 6) is -2.04. The van der Waals surface area contributed by atoms with Gasteiger partial charge in [-0.15, -0.1) is 0 Å². The number of hydrogen-bond donors (Lipinski definition) is 0. The summed E-state index contributed by atoms with van der Waals surface area (Å²) >= 11 is 10.6. The third-order valence-electron chi connectivity index (χ3n) is 4.50. The summed E-state index contributed by atoms with van der Waals surface area (Å²) in [7, 11) is 0. The zero-order valence-corrected chi connectivity index (χ0v) is 19.2. The Labute approximate surface area is 194 Å². The van der Waals surface area contributed by atoms with E-state index >= 15 is 8.78 Å². The number of halogens is 4. The molecule has 2 aromatic carbocycles. The van der Waals surface area contributed by atoms with Crippen molar-refractivity contribution >= 4 is 56.2 Å². The summed E-state index contributed by atoms with van der Waals surface area (Å²) in [6, 6.07) is 11.1. The first-order valence-corrected chi connectivity index (χ1v) is 11.1. The minimum absolute atomic E-state index is 0.0327. The molecule has 2 aromatic heterocycles.